The van der Waals surface area contributed by atoms with Crippen molar-refractivity contribution in [1.29, 1.82) is 0 Å². The van der Waals surface area contributed by atoms with Crippen molar-refractivity contribution in [1.82, 2.24) is 14.8 Å². The zero-order chi connectivity index (χ0) is 23.9. The number of carbonyl (C=O) groups is 1. The smallest absolute Gasteiger partial charge is 0.237 e. The van der Waals surface area contributed by atoms with Gasteiger partial charge in [0.2, 0.25) is 5.91 Å². The Hall–Kier alpha value is -3.78. The Balaban J connectivity index is 1.68. The summed E-state index contributed by atoms with van der Waals surface area (Å²) in [5.74, 6) is 2.30. The van der Waals surface area contributed by atoms with E-state index in [1.807, 2.05) is 90.4 Å². The molecule has 0 N–H and O–H groups in total. The summed E-state index contributed by atoms with van der Waals surface area (Å²) in [5.41, 5.74) is 2.55. The molecule has 7 nitrogen and oxygen atoms in total. The summed E-state index contributed by atoms with van der Waals surface area (Å²) in [6, 6.07) is 25.0. The number of thioether (sulfide) groups is 1. The van der Waals surface area contributed by atoms with Crippen LogP contribution in [0.1, 0.15) is 6.92 Å². The molecule has 1 amide bonds. The number of aromatic nitrogens is 3. The molecule has 1 heterocycles. The van der Waals surface area contributed by atoms with Crippen molar-refractivity contribution in [3.05, 3.63) is 78.9 Å². The molecular formula is C26H26N4O3S. The van der Waals surface area contributed by atoms with E-state index in [0.717, 1.165) is 22.7 Å². The predicted molar refractivity (Wildman–Crippen MR) is 135 cm³/mol. The first-order valence-electron chi connectivity index (χ1n) is 10.9. The van der Waals surface area contributed by atoms with Crippen molar-refractivity contribution in [2.45, 2.75) is 12.1 Å². The zero-order valence-corrected chi connectivity index (χ0v) is 20.2. The first-order chi connectivity index (χ1) is 16.7. The van der Waals surface area contributed by atoms with Gasteiger partial charge in [-0.3, -0.25) is 9.36 Å². The molecule has 0 spiro atoms. The summed E-state index contributed by atoms with van der Waals surface area (Å²) in [6.07, 6.45) is 0. The van der Waals surface area contributed by atoms with Crippen LogP contribution < -0.4 is 14.4 Å². The lowest BCUT2D eigenvalue weighted by atomic mass is 10.2. The largest absolute Gasteiger partial charge is 0.497 e. The Bertz CT molecular complexity index is 1240. The minimum absolute atomic E-state index is 0.00169. The van der Waals surface area contributed by atoms with Gasteiger partial charge in [-0.1, -0.05) is 42.1 Å². The lowest BCUT2D eigenvalue weighted by Crippen LogP contribution is -2.32. The fourth-order valence-corrected chi connectivity index (χ4v) is 4.47. The topological polar surface area (TPSA) is 69.5 Å². The SMILES string of the molecule is CCN(C(=O)CSc1nnc(-c2ccccc2OC)n1-c1ccc(OC)cc1)c1ccccc1. The highest BCUT2D eigenvalue weighted by Gasteiger charge is 2.21. The predicted octanol–water partition coefficient (Wildman–Crippen LogP) is 5.10. The number of amides is 1. The van der Waals surface area contributed by atoms with Crippen LogP contribution in [-0.2, 0) is 4.79 Å². The normalized spacial score (nSPS) is 10.7. The minimum atomic E-state index is 0.00169. The highest BCUT2D eigenvalue weighted by Crippen LogP contribution is 2.33. The van der Waals surface area contributed by atoms with E-state index in [-0.39, 0.29) is 11.7 Å². The summed E-state index contributed by atoms with van der Waals surface area (Å²) in [7, 11) is 3.26. The van der Waals surface area contributed by atoms with Gasteiger partial charge in [0.1, 0.15) is 11.5 Å². The second-order valence-corrected chi connectivity index (χ2v) is 8.24. The molecule has 4 aromatic rings. The Morgan fingerprint density at radius 3 is 2.29 bits per heavy atom. The molecule has 34 heavy (non-hydrogen) atoms. The van der Waals surface area contributed by atoms with Gasteiger partial charge in [-0.25, -0.2) is 0 Å². The van der Waals surface area contributed by atoms with Crippen LogP contribution in [0.25, 0.3) is 17.1 Å². The summed E-state index contributed by atoms with van der Waals surface area (Å²) in [6.45, 7) is 2.55. The highest BCUT2D eigenvalue weighted by molar-refractivity contribution is 7.99. The van der Waals surface area contributed by atoms with Gasteiger partial charge in [0.05, 0.1) is 31.2 Å². The first kappa shape index (κ1) is 23.4. The van der Waals surface area contributed by atoms with Crippen LogP contribution in [0.3, 0.4) is 0 Å². The Kier molecular flexibility index (Phi) is 7.49. The number of benzene rings is 3. The number of nitrogens with zero attached hydrogens (tertiary/aromatic N) is 4. The number of hydrogen-bond donors (Lipinski definition) is 0. The van der Waals surface area contributed by atoms with E-state index in [2.05, 4.69) is 10.2 Å². The van der Waals surface area contributed by atoms with Gasteiger partial charge in [-0.05, 0) is 55.5 Å². The molecule has 0 saturated carbocycles. The Labute approximate surface area is 203 Å². The third kappa shape index (κ3) is 4.92. The molecule has 0 aliphatic rings. The molecule has 4 rings (SSSR count). The van der Waals surface area contributed by atoms with Crippen LogP contribution in [0, 0.1) is 0 Å². The fraction of sp³-hybridized carbons (Fsp3) is 0.192. The van der Waals surface area contributed by atoms with Crippen LogP contribution >= 0.6 is 11.8 Å². The molecule has 0 radical (unpaired) electrons. The summed E-state index contributed by atoms with van der Waals surface area (Å²) < 4.78 is 12.8. The average Bonchev–Trinajstić information content (AvgIpc) is 3.32. The van der Waals surface area contributed by atoms with Crippen molar-refractivity contribution in [2.24, 2.45) is 0 Å². The molecule has 1 aromatic heterocycles. The highest BCUT2D eigenvalue weighted by atomic mass is 32.2. The monoisotopic (exact) mass is 474 g/mol. The van der Waals surface area contributed by atoms with Gasteiger partial charge in [0.15, 0.2) is 11.0 Å². The molecule has 3 aromatic carbocycles. The maximum Gasteiger partial charge on any atom is 0.237 e. The third-order valence-corrected chi connectivity index (χ3v) is 6.24. The van der Waals surface area contributed by atoms with Crippen molar-refractivity contribution < 1.29 is 14.3 Å². The summed E-state index contributed by atoms with van der Waals surface area (Å²) in [5, 5.41) is 9.52. The molecule has 0 bridgehead atoms. The fourth-order valence-electron chi connectivity index (χ4n) is 3.65. The van der Waals surface area contributed by atoms with E-state index in [0.29, 0.717) is 23.3 Å². The third-order valence-electron chi connectivity index (χ3n) is 5.32. The maximum absolute atomic E-state index is 13.1. The minimum Gasteiger partial charge on any atom is -0.497 e. The first-order valence-corrected chi connectivity index (χ1v) is 11.9. The molecule has 0 aliphatic heterocycles. The zero-order valence-electron chi connectivity index (χ0n) is 19.3. The number of ether oxygens (including phenoxy) is 2. The summed E-state index contributed by atoms with van der Waals surface area (Å²) >= 11 is 1.35. The van der Waals surface area contributed by atoms with Crippen LogP contribution in [-0.4, -0.2) is 47.2 Å². The number of methoxy groups -OCH3 is 2. The Morgan fingerprint density at radius 2 is 1.62 bits per heavy atom. The van der Waals surface area contributed by atoms with Gasteiger partial charge >= 0.3 is 0 Å². The number of para-hydroxylation sites is 2. The molecule has 8 heteroatoms. The van der Waals surface area contributed by atoms with E-state index in [1.165, 1.54) is 11.8 Å². The van der Waals surface area contributed by atoms with E-state index in [1.54, 1.807) is 19.1 Å². The van der Waals surface area contributed by atoms with Gasteiger partial charge in [0.25, 0.3) is 0 Å². The van der Waals surface area contributed by atoms with E-state index < -0.39 is 0 Å². The average molecular weight is 475 g/mol. The van der Waals surface area contributed by atoms with Crippen molar-refractivity contribution in [2.75, 3.05) is 31.4 Å². The quantitative estimate of drug-likeness (QED) is 0.315. The van der Waals surface area contributed by atoms with Crippen LogP contribution in [0.5, 0.6) is 11.5 Å². The maximum atomic E-state index is 13.1. The van der Waals surface area contributed by atoms with Crippen molar-refractivity contribution in [3.8, 4) is 28.6 Å². The molecular weight excluding hydrogens is 448 g/mol. The van der Waals surface area contributed by atoms with Crippen LogP contribution in [0.4, 0.5) is 5.69 Å². The van der Waals surface area contributed by atoms with Crippen LogP contribution in [0.15, 0.2) is 84.0 Å². The van der Waals surface area contributed by atoms with E-state index in [4.69, 9.17) is 9.47 Å². The standard InChI is InChI=1S/C26H26N4O3S/c1-4-29(19-10-6-5-7-11-19)24(31)18-34-26-28-27-25(22-12-8-9-13-23(22)33-3)30(26)20-14-16-21(32-2)17-15-20/h5-17H,4,18H2,1-3H3. The number of anilines is 1. The Morgan fingerprint density at radius 1 is 0.912 bits per heavy atom. The van der Waals surface area contributed by atoms with Gasteiger partial charge in [-0.15, -0.1) is 10.2 Å². The molecule has 0 aliphatic carbocycles. The van der Waals surface area contributed by atoms with E-state index in [9.17, 15) is 4.79 Å². The molecule has 0 saturated heterocycles. The molecule has 174 valence electrons. The number of hydrogen-bond acceptors (Lipinski definition) is 6. The molecule has 0 atom stereocenters. The second kappa shape index (κ2) is 10.9. The van der Waals surface area contributed by atoms with Crippen LogP contribution in [0.2, 0.25) is 0 Å². The summed E-state index contributed by atoms with van der Waals surface area (Å²) in [4.78, 5) is 14.8. The van der Waals surface area contributed by atoms with Crippen molar-refractivity contribution >= 4 is 23.4 Å². The molecule has 0 unspecified atom stereocenters. The second-order valence-electron chi connectivity index (χ2n) is 7.30. The number of carbonyl (C=O) groups excluding carboxylic acids is 1. The lowest BCUT2D eigenvalue weighted by molar-refractivity contribution is -0.116. The van der Waals surface area contributed by atoms with Gasteiger partial charge in [0, 0.05) is 12.2 Å². The number of rotatable bonds is 9. The van der Waals surface area contributed by atoms with Gasteiger partial charge < -0.3 is 14.4 Å². The van der Waals surface area contributed by atoms with Crippen molar-refractivity contribution in [3.63, 3.8) is 0 Å². The van der Waals surface area contributed by atoms with E-state index >= 15 is 0 Å². The molecule has 0 fully saturated rings. The lowest BCUT2D eigenvalue weighted by Gasteiger charge is -2.20. The van der Waals surface area contributed by atoms with Gasteiger partial charge in [-0.2, -0.15) is 0 Å².